The number of carbonyl (C=O) groups is 1. The molecule has 0 saturated carbocycles. The number of methoxy groups -OCH3 is 1. The molecule has 0 aliphatic carbocycles. The van der Waals surface area contributed by atoms with Gasteiger partial charge in [-0.15, -0.1) is 0 Å². The number of halogens is 2. The second-order valence-electron chi connectivity index (χ2n) is 8.63. The Balaban J connectivity index is 1.71. The Morgan fingerprint density at radius 1 is 1.08 bits per heavy atom. The van der Waals surface area contributed by atoms with Gasteiger partial charge in [0, 0.05) is 28.9 Å². The van der Waals surface area contributed by atoms with Gasteiger partial charge in [-0.25, -0.2) is 22.9 Å². The molecule has 2 unspecified atom stereocenters. The normalized spacial score (nSPS) is 16.5. The summed E-state index contributed by atoms with van der Waals surface area (Å²) in [6.07, 6.45) is -1.49. The Morgan fingerprint density at radius 3 is 2.31 bits per heavy atom. The number of ether oxygens (including phenoxy) is 1. The molecule has 3 aromatic carbocycles. The zero-order valence-electron chi connectivity index (χ0n) is 20.9. The average Bonchev–Trinajstić information content (AvgIpc) is 3.38. The number of aliphatic imine (C=N–C) groups is 1. The molecule has 0 spiro atoms. The summed E-state index contributed by atoms with van der Waals surface area (Å²) in [6, 6.07) is 22.6. The Bertz CT molecular complexity index is 1460. The van der Waals surface area contributed by atoms with Crippen molar-refractivity contribution < 1.29 is 23.1 Å². The van der Waals surface area contributed by atoms with E-state index in [9.17, 15) is 18.3 Å². The summed E-state index contributed by atoms with van der Waals surface area (Å²) in [5, 5.41) is 17.2. The minimum Gasteiger partial charge on any atom is -0.467 e. The molecule has 0 radical (unpaired) electrons. The van der Waals surface area contributed by atoms with Crippen LogP contribution in [0.5, 0.6) is 0 Å². The van der Waals surface area contributed by atoms with Gasteiger partial charge in [-0.1, -0.05) is 65.7 Å². The van der Waals surface area contributed by atoms with Crippen molar-refractivity contribution in [1.82, 2.24) is 9.73 Å². The third-order valence-electron chi connectivity index (χ3n) is 5.99. The van der Waals surface area contributed by atoms with Crippen LogP contribution >= 0.6 is 23.2 Å². The number of hydrogen-bond donors (Lipinski definition) is 2. The highest BCUT2D eigenvalue weighted by atomic mass is 35.5. The fraction of sp³-hybridized carbons (Fsp3) is 0.222. The predicted octanol–water partition coefficient (Wildman–Crippen LogP) is 4.06. The number of benzene rings is 3. The largest absolute Gasteiger partial charge is 0.467 e. The number of hydrazone groups is 1. The quantitative estimate of drug-likeness (QED) is 0.232. The van der Waals surface area contributed by atoms with Gasteiger partial charge in [0.05, 0.1) is 24.3 Å². The van der Waals surface area contributed by atoms with Gasteiger partial charge in [0.2, 0.25) is 5.96 Å². The van der Waals surface area contributed by atoms with E-state index < -0.39 is 22.1 Å². The Kier molecular flexibility index (Phi) is 9.24. The monoisotopic (exact) mass is 588 g/mol. The number of carbonyl (C=O) groups excluding carboxylic acids is 1. The van der Waals surface area contributed by atoms with Crippen LogP contribution < -0.4 is 4.72 Å². The molecule has 3 aromatic rings. The second kappa shape index (κ2) is 12.6. The van der Waals surface area contributed by atoms with Gasteiger partial charge >= 0.3 is 5.97 Å². The lowest BCUT2D eigenvalue weighted by atomic mass is 9.91. The fourth-order valence-corrected chi connectivity index (χ4v) is 5.24. The Morgan fingerprint density at radius 2 is 1.69 bits per heavy atom. The fourth-order valence-electron chi connectivity index (χ4n) is 3.97. The first-order valence-corrected chi connectivity index (χ1v) is 14.2. The number of guanidine groups is 1. The third kappa shape index (κ3) is 7.15. The van der Waals surface area contributed by atoms with E-state index in [-0.39, 0.29) is 36.3 Å². The molecule has 12 heteroatoms. The van der Waals surface area contributed by atoms with E-state index in [1.54, 1.807) is 12.1 Å². The van der Waals surface area contributed by atoms with Crippen LogP contribution in [-0.2, 0) is 19.6 Å². The molecule has 1 aliphatic rings. The van der Waals surface area contributed by atoms with Crippen molar-refractivity contribution in [3.63, 3.8) is 0 Å². The van der Waals surface area contributed by atoms with Crippen LogP contribution in [-0.4, -0.2) is 62.5 Å². The number of nitrogens with one attached hydrogen (secondary N) is 1. The molecular formula is C27H26Cl2N4O5S. The average molecular weight is 590 g/mol. The van der Waals surface area contributed by atoms with E-state index in [1.807, 2.05) is 42.5 Å². The first kappa shape index (κ1) is 28.6. The summed E-state index contributed by atoms with van der Waals surface area (Å²) in [4.78, 5) is 16.0. The lowest BCUT2D eigenvalue weighted by molar-refractivity contribution is -0.150. The number of nitrogens with zero attached hydrogens (tertiary/aromatic N) is 3. The van der Waals surface area contributed by atoms with Gasteiger partial charge in [-0.3, -0.25) is 4.99 Å². The molecule has 1 aliphatic heterocycles. The van der Waals surface area contributed by atoms with E-state index in [0.717, 1.165) is 11.1 Å². The molecule has 0 fully saturated rings. The van der Waals surface area contributed by atoms with Crippen LogP contribution in [0, 0.1) is 0 Å². The van der Waals surface area contributed by atoms with Crippen molar-refractivity contribution in [3.8, 4) is 0 Å². The minimum atomic E-state index is -4.08. The molecule has 2 atom stereocenters. The maximum Gasteiger partial charge on any atom is 0.334 e. The van der Waals surface area contributed by atoms with Crippen LogP contribution in [0.2, 0.25) is 10.0 Å². The minimum absolute atomic E-state index is 0.0186. The molecule has 39 heavy (non-hydrogen) atoms. The summed E-state index contributed by atoms with van der Waals surface area (Å²) < 4.78 is 33.6. The molecule has 4 rings (SSSR count). The van der Waals surface area contributed by atoms with Gasteiger partial charge in [-0.05, 0) is 47.5 Å². The molecule has 0 aromatic heterocycles. The summed E-state index contributed by atoms with van der Waals surface area (Å²) in [7, 11) is -2.91. The molecule has 0 saturated heterocycles. The molecule has 2 N–H and O–H groups in total. The molecule has 0 bridgehead atoms. The number of sulfonamides is 1. The van der Waals surface area contributed by atoms with Crippen LogP contribution in [0.4, 0.5) is 0 Å². The third-order valence-corrected chi connectivity index (χ3v) is 7.84. The summed E-state index contributed by atoms with van der Waals surface area (Å²) in [5.41, 5.74) is 2.50. The highest BCUT2D eigenvalue weighted by molar-refractivity contribution is 7.90. The summed E-state index contributed by atoms with van der Waals surface area (Å²) in [5.74, 6) is -1.08. The number of esters is 1. The van der Waals surface area contributed by atoms with Crippen molar-refractivity contribution in [1.29, 1.82) is 0 Å². The first-order valence-electron chi connectivity index (χ1n) is 11.9. The lowest BCUT2D eigenvalue weighted by Crippen LogP contribution is -2.41. The predicted molar refractivity (Wildman–Crippen MR) is 151 cm³/mol. The number of hydrogen-bond acceptors (Lipinski definition) is 7. The molecular weight excluding hydrogens is 563 g/mol. The maximum atomic E-state index is 13.3. The molecule has 9 nitrogen and oxygen atoms in total. The van der Waals surface area contributed by atoms with Gasteiger partial charge in [0.15, 0.2) is 6.10 Å². The first-order chi connectivity index (χ1) is 18.7. The van der Waals surface area contributed by atoms with Gasteiger partial charge in [0.1, 0.15) is 0 Å². The topological polar surface area (TPSA) is 121 Å². The number of rotatable bonds is 8. The van der Waals surface area contributed by atoms with Crippen LogP contribution in [0.3, 0.4) is 0 Å². The smallest absolute Gasteiger partial charge is 0.334 e. The lowest BCUT2D eigenvalue weighted by Gasteiger charge is -2.20. The zero-order chi connectivity index (χ0) is 28.0. The van der Waals surface area contributed by atoms with Crippen molar-refractivity contribution >= 4 is 50.9 Å². The number of aliphatic hydroxyl groups is 1. The SMILES string of the molecule is COC(=O)C(O)CCN=C(NS(=O)(=O)c1ccc(Cl)cc1)N1CC(c2ccccc2)C(c2ccc(Cl)cc2)=N1. The highest BCUT2D eigenvalue weighted by Crippen LogP contribution is 2.29. The summed E-state index contributed by atoms with van der Waals surface area (Å²) >= 11 is 12.0. The standard InChI is InChI=1S/C27H26Cl2N4O5S/c1-38-26(35)24(34)15-16-30-27(32-39(36,37)22-13-11-21(29)12-14-22)33-17-23(18-5-3-2-4-6-18)25(31-33)19-7-9-20(28)10-8-19/h2-14,23-24,34H,15-17H2,1H3,(H,30,32). The van der Waals surface area contributed by atoms with E-state index in [0.29, 0.717) is 15.8 Å². The molecule has 0 amide bonds. The molecule has 1 heterocycles. The number of aliphatic hydroxyl groups excluding tert-OH is 1. The zero-order valence-corrected chi connectivity index (χ0v) is 23.2. The van der Waals surface area contributed by atoms with E-state index in [1.165, 1.54) is 36.4 Å². The second-order valence-corrected chi connectivity index (χ2v) is 11.2. The van der Waals surface area contributed by atoms with Gasteiger partial charge < -0.3 is 9.84 Å². The van der Waals surface area contributed by atoms with Crippen LogP contribution in [0.1, 0.15) is 23.5 Å². The van der Waals surface area contributed by atoms with E-state index >= 15 is 0 Å². The van der Waals surface area contributed by atoms with Crippen molar-refractivity contribution in [2.45, 2.75) is 23.3 Å². The van der Waals surface area contributed by atoms with Crippen molar-refractivity contribution in [2.75, 3.05) is 20.2 Å². The molecule has 204 valence electrons. The van der Waals surface area contributed by atoms with E-state index in [4.69, 9.17) is 28.3 Å². The van der Waals surface area contributed by atoms with Crippen molar-refractivity contribution in [2.24, 2.45) is 10.1 Å². The summed E-state index contributed by atoms with van der Waals surface area (Å²) in [6.45, 7) is 0.205. The van der Waals surface area contributed by atoms with Crippen LogP contribution in [0.15, 0.2) is 93.9 Å². The van der Waals surface area contributed by atoms with Gasteiger partial charge in [-0.2, -0.15) is 5.10 Å². The van der Waals surface area contributed by atoms with E-state index in [2.05, 4.69) is 14.5 Å². The maximum absolute atomic E-state index is 13.3. The van der Waals surface area contributed by atoms with Crippen molar-refractivity contribution in [3.05, 3.63) is 100 Å². The Hall–Kier alpha value is -3.44. The highest BCUT2D eigenvalue weighted by Gasteiger charge is 2.33. The van der Waals surface area contributed by atoms with Gasteiger partial charge in [0.25, 0.3) is 10.0 Å². The van der Waals surface area contributed by atoms with Crippen LogP contribution in [0.25, 0.3) is 0 Å². The Labute approximate surface area is 236 Å².